The molecule has 3 aromatic carbocycles. The van der Waals surface area contributed by atoms with Crippen LogP contribution in [0.4, 0.5) is 0 Å². The molecule has 1 unspecified atom stereocenters. The summed E-state index contributed by atoms with van der Waals surface area (Å²) in [5.74, 6) is 2.40. The van der Waals surface area contributed by atoms with Crippen LogP contribution in [-0.4, -0.2) is 35.7 Å². The normalized spacial score (nSPS) is 17.7. The second-order valence-corrected chi connectivity index (χ2v) is 9.98. The van der Waals surface area contributed by atoms with Gasteiger partial charge in [0, 0.05) is 18.0 Å². The molecule has 0 spiro atoms. The highest BCUT2D eigenvalue weighted by molar-refractivity contribution is 5.98. The van der Waals surface area contributed by atoms with Crippen LogP contribution in [0.15, 0.2) is 54.6 Å². The van der Waals surface area contributed by atoms with Crippen LogP contribution < -0.4 is 10.1 Å². The second kappa shape index (κ2) is 8.65. The summed E-state index contributed by atoms with van der Waals surface area (Å²) in [5.41, 5.74) is 8.99. The van der Waals surface area contributed by atoms with Gasteiger partial charge in [0.1, 0.15) is 11.6 Å². The van der Waals surface area contributed by atoms with E-state index in [0.717, 1.165) is 71.6 Å². The van der Waals surface area contributed by atoms with Gasteiger partial charge in [-0.3, -0.25) is 9.36 Å². The monoisotopic (exact) mass is 465 g/mol. The molecular weight excluding hydrogens is 434 g/mol. The number of hydrogen-bond acceptors (Lipinski definition) is 4. The van der Waals surface area contributed by atoms with Crippen LogP contribution in [0, 0.1) is 19.8 Å². The number of nitrogens with one attached hydrogen (secondary N) is 1. The summed E-state index contributed by atoms with van der Waals surface area (Å²) in [6.45, 7) is 6.43. The molecule has 2 heterocycles. The molecule has 35 heavy (non-hydrogen) atoms. The number of ether oxygens (including phenoxy) is 1. The van der Waals surface area contributed by atoms with Gasteiger partial charge < -0.3 is 10.1 Å². The third kappa shape index (κ3) is 3.84. The highest BCUT2D eigenvalue weighted by Gasteiger charge is 2.34. The van der Waals surface area contributed by atoms with Gasteiger partial charge in [0.15, 0.2) is 0 Å². The molecule has 178 valence electrons. The number of benzene rings is 3. The van der Waals surface area contributed by atoms with Crippen molar-refractivity contribution in [3.05, 3.63) is 71.3 Å². The molecule has 1 saturated heterocycles. The molecule has 0 amide bonds. The van der Waals surface area contributed by atoms with Crippen molar-refractivity contribution in [2.45, 2.75) is 39.0 Å². The minimum atomic E-state index is 0.115. The van der Waals surface area contributed by atoms with Crippen molar-refractivity contribution in [1.29, 1.82) is 0 Å². The number of aromatic nitrogens is 2. The Hall–Kier alpha value is -3.44. The summed E-state index contributed by atoms with van der Waals surface area (Å²) < 4.78 is 7.18. The average Bonchev–Trinajstić information content (AvgIpc) is 3.47. The zero-order chi connectivity index (χ0) is 24.1. The van der Waals surface area contributed by atoms with Crippen LogP contribution >= 0.6 is 0 Å². The van der Waals surface area contributed by atoms with E-state index in [0.29, 0.717) is 5.92 Å². The van der Waals surface area contributed by atoms with Crippen LogP contribution in [0.2, 0.25) is 0 Å². The number of carbonyl (C=O) groups is 1. The van der Waals surface area contributed by atoms with Crippen molar-refractivity contribution in [1.82, 2.24) is 14.9 Å². The van der Waals surface area contributed by atoms with Crippen LogP contribution in [0.25, 0.3) is 33.5 Å². The Balaban J connectivity index is 1.46. The van der Waals surface area contributed by atoms with E-state index < -0.39 is 0 Å². The van der Waals surface area contributed by atoms with Crippen LogP contribution in [0.3, 0.4) is 0 Å². The van der Waals surface area contributed by atoms with E-state index in [1.807, 2.05) is 16.7 Å². The molecule has 6 rings (SSSR count). The minimum Gasteiger partial charge on any atom is -0.497 e. The van der Waals surface area contributed by atoms with E-state index >= 15 is 0 Å². The molecule has 1 saturated carbocycles. The van der Waals surface area contributed by atoms with Gasteiger partial charge in [0.05, 0.1) is 18.1 Å². The lowest BCUT2D eigenvalue weighted by molar-refractivity contribution is 0.0893. The van der Waals surface area contributed by atoms with E-state index in [4.69, 9.17) is 9.72 Å². The fourth-order valence-electron chi connectivity index (χ4n) is 5.60. The molecule has 2 fully saturated rings. The van der Waals surface area contributed by atoms with Crippen molar-refractivity contribution < 1.29 is 9.53 Å². The molecule has 0 radical (unpaired) electrons. The lowest BCUT2D eigenvalue weighted by Gasteiger charge is -2.17. The molecule has 1 N–H and O–H groups in total. The number of methoxy groups -OCH3 is 1. The third-order valence-electron chi connectivity index (χ3n) is 7.63. The van der Waals surface area contributed by atoms with E-state index in [2.05, 4.69) is 61.6 Å². The first-order chi connectivity index (χ1) is 17.0. The van der Waals surface area contributed by atoms with Crippen molar-refractivity contribution in [2.75, 3.05) is 20.2 Å². The second-order valence-electron chi connectivity index (χ2n) is 9.98. The van der Waals surface area contributed by atoms with E-state index in [1.165, 1.54) is 16.7 Å². The molecular formula is C30H31N3O2. The number of imidazole rings is 1. The molecule has 5 nitrogen and oxygen atoms in total. The maximum atomic E-state index is 13.5. The Bertz CT molecular complexity index is 1410. The Morgan fingerprint density at radius 3 is 2.23 bits per heavy atom. The van der Waals surface area contributed by atoms with Crippen LogP contribution in [0.5, 0.6) is 5.75 Å². The van der Waals surface area contributed by atoms with Crippen molar-refractivity contribution in [3.8, 4) is 28.3 Å². The van der Waals surface area contributed by atoms with Crippen molar-refractivity contribution in [2.24, 2.45) is 5.92 Å². The zero-order valence-corrected chi connectivity index (χ0v) is 20.6. The van der Waals surface area contributed by atoms with Crippen molar-refractivity contribution >= 4 is 16.9 Å². The number of aryl methyl sites for hydroxylation is 2. The van der Waals surface area contributed by atoms with Gasteiger partial charge >= 0.3 is 0 Å². The number of nitrogens with zero attached hydrogens (tertiary/aromatic N) is 2. The number of carbonyl (C=O) groups excluding carboxylic acids is 1. The van der Waals surface area contributed by atoms with E-state index in [1.54, 1.807) is 7.11 Å². The standard InChI is InChI=1S/C30H31N3O2/c1-18-16-26-28(19(2)27(18)24-14-15-31-17-24)32-29(33(26)30(34)23-8-9-23)22-6-4-20(5-7-22)21-10-12-25(35-3)13-11-21/h4-7,10-13,16,23-24,31H,8-9,14-15,17H2,1-3H3. The number of fused-ring (bicyclic) bond motifs is 1. The highest BCUT2D eigenvalue weighted by atomic mass is 16.5. The largest absolute Gasteiger partial charge is 0.497 e. The molecule has 1 aliphatic carbocycles. The Labute approximate surface area is 206 Å². The summed E-state index contributed by atoms with van der Waals surface area (Å²) in [6, 6.07) is 18.6. The highest BCUT2D eigenvalue weighted by Crippen LogP contribution is 2.39. The fourth-order valence-corrected chi connectivity index (χ4v) is 5.60. The molecule has 5 heteroatoms. The number of rotatable bonds is 5. The Morgan fingerprint density at radius 2 is 1.63 bits per heavy atom. The van der Waals surface area contributed by atoms with Crippen molar-refractivity contribution in [3.63, 3.8) is 0 Å². The summed E-state index contributed by atoms with van der Waals surface area (Å²) in [4.78, 5) is 18.6. The summed E-state index contributed by atoms with van der Waals surface area (Å²) in [5, 5.41) is 3.50. The molecule has 0 bridgehead atoms. The maximum Gasteiger partial charge on any atom is 0.235 e. The summed E-state index contributed by atoms with van der Waals surface area (Å²) in [7, 11) is 1.68. The summed E-state index contributed by atoms with van der Waals surface area (Å²) >= 11 is 0. The Kier molecular flexibility index (Phi) is 5.45. The zero-order valence-electron chi connectivity index (χ0n) is 20.6. The van der Waals surface area contributed by atoms with E-state index in [9.17, 15) is 4.79 Å². The van der Waals surface area contributed by atoms with Gasteiger partial charge in [-0.05, 0) is 91.6 Å². The molecule has 1 aromatic heterocycles. The smallest absolute Gasteiger partial charge is 0.235 e. The van der Waals surface area contributed by atoms with Crippen LogP contribution in [0.1, 0.15) is 46.7 Å². The van der Waals surface area contributed by atoms with E-state index in [-0.39, 0.29) is 11.8 Å². The van der Waals surface area contributed by atoms with Gasteiger partial charge in [-0.2, -0.15) is 0 Å². The lowest BCUT2D eigenvalue weighted by Crippen LogP contribution is -2.14. The third-order valence-corrected chi connectivity index (χ3v) is 7.63. The lowest BCUT2D eigenvalue weighted by atomic mass is 9.89. The first-order valence-corrected chi connectivity index (χ1v) is 12.6. The average molecular weight is 466 g/mol. The van der Waals surface area contributed by atoms with Crippen LogP contribution in [-0.2, 0) is 0 Å². The van der Waals surface area contributed by atoms with Gasteiger partial charge in [-0.1, -0.05) is 36.4 Å². The summed E-state index contributed by atoms with van der Waals surface area (Å²) in [6.07, 6.45) is 3.09. The minimum absolute atomic E-state index is 0.115. The fraction of sp³-hybridized carbons (Fsp3) is 0.333. The van der Waals surface area contributed by atoms with Gasteiger partial charge in [0.2, 0.25) is 5.91 Å². The first-order valence-electron chi connectivity index (χ1n) is 12.6. The predicted octanol–water partition coefficient (Wildman–Crippen LogP) is 6.12. The predicted molar refractivity (Wildman–Crippen MR) is 140 cm³/mol. The Morgan fingerprint density at radius 1 is 0.971 bits per heavy atom. The SMILES string of the molecule is COc1ccc(-c2ccc(-c3nc4c(C)c(C5CCNC5)c(C)cc4n3C(=O)C3CC3)cc2)cc1. The molecule has 2 aliphatic rings. The number of hydrogen-bond donors (Lipinski definition) is 1. The maximum absolute atomic E-state index is 13.5. The van der Waals surface area contributed by atoms with Gasteiger partial charge in [-0.15, -0.1) is 0 Å². The molecule has 4 aromatic rings. The molecule has 1 aliphatic heterocycles. The topological polar surface area (TPSA) is 56.1 Å². The molecule has 1 atom stereocenters. The van der Waals surface area contributed by atoms with Gasteiger partial charge in [-0.25, -0.2) is 4.98 Å². The van der Waals surface area contributed by atoms with Gasteiger partial charge in [0.25, 0.3) is 0 Å². The quantitative estimate of drug-likeness (QED) is 0.386. The first kappa shape index (κ1) is 22.1.